The van der Waals surface area contributed by atoms with E-state index in [0.717, 1.165) is 6.07 Å². The minimum Gasteiger partial charge on any atom is -0.493 e. The fourth-order valence-corrected chi connectivity index (χ4v) is 2.18. The molecular weight excluding hydrogens is 347 g/mol. The SMILES string of the molecule is COc1ccc(C(=O)NCC#Cc2ccccc2C(F)(F)F)cc1OC. The molecule has 1 N–H and O–H groups in total. The Bertz CT molecular complexity index is 851. The Labute approximate surface area is 148 Å². The van der Waals surface area contributed by atoms with Gasteiger partial charge in [-0.1, -0.05) is 24.0 Å². The maximum atomic E-state index is 12.9. The molecule has 0 atom stereocenters. The number of amides is 1. The summed E-state index contributed by atoms with van der Waals surface area (Å²) < 4.78 is 48.8. The molecule has 2 aromatic carbocycles. The number of halogens is 3. The van der Waals surface area contributed by atoms with E-state index < -0.39 is 17.6 Å². The molecule has 2 rings (SSSR count). The van der Waals surface area contributed by atoms with Crippen molar-refractivity contribution >= 4 is 5.91 Å². The highest BCUT2D eigenvalue weighted by molar-refractivity contribution is 5.95. The maximum absolute atomic E-state index is 12.9. The summed E-state index contributed by atoms with van der Waals surface area (Å²) >= 11 is 0. The zero-order valence-corrected chi connectivity index (χ0v) is 14.1. The van der Waals surface area contributed by atoms with Crippen molar-refractivity contribution in [1.29, 1.82) is 0 Å². The summed E-state index contributed by atoms with van der Waals surface area (Å²) in [6, 6.07) is 9.65. The van der Waals surface area contributed by atoms with Crippen LogP contribution >= 0.6 is 0 Å². The van der Waals surface area contributed by atoms with E-state index in [0.29, 0.717) is 17.1 Å². The summed E-state index contributed by atoms with van der Waals surface area (Å²) in [5, 5.41) is 2.53. The Morgan fingerprint density at radius 2 is 1.77 bits per heavy atom. The zero-order valence-electron chi connectivity index (χ0n) is 14.1. The third-order valence-electron chi connectivity index (χ3n) is 3.44. The smallest absolute Gasteiger partial charge is 0.417 e. The van der Waals surface area contributed by atoms with Crippen LogP contribution < -0.4 is 14.8 Å². The number of nitrogens with one attached hydrogen (secondary N) is 1. The summed E-state index contributed by atoms with van der Waals surface area (Å²) in [5.41, 5.74) is -0.626. The Kier molecular flexibility index (Phi) is 6.12. The van der Waals surface area contributed by atoms with Crippen molar-refractivity contribution < 1.29 is 27.4 Å². The molecule has 7 heteroatoms. The Morgan fingerprint density at radius 3 is 2.42 bits per heavy atom. The lowest BCUT2D eigenvalue weighted by molar-refractivity contribution is -0.137. The molecule has 26 heavy (non-hydrogen) atoms. The normalized spacial score (nSPS) is 10.5. The van der Waals surface area contributed by atoms with E-state index >= 15 is 0 Å². The first-order valence-corrected chi connectivity index (χ1v) is 7.52. The molecule has 136 valence electrons. The average Bonchev–Trinajstić information content (AvgIpc) is 2.64. The van der Waals surface area contributed by atoms with Crippen molar-refractivity contribution in [2.75, 3.05) is 20.8 Å². The van der Waals surface area contributed by atoms with E-state index in [4.69, 9.17) is 9.47 Å². The van der Waals surface area contributed by atoms with Crippen LogP contribution in [0, 0.1) is 11.8 Å². The molecule has 0 aliphatic carbocycles. The zero-order chi connectivity index (χ0) is 19.2. The van der Waals surface area contributed by atoms with Crippen LogP contribution in [0.2, 0.25) is 0 Å². The number of methoxy groups -OCH3 is 2. The first-order valence-electron chi connectivity index (χ1n) is 7.52. The van der Waals surface area contributed by atoms with Gasteiger partial charge in [-0.15, -0.1) is 0 Å². The molecule has 0 spiro atoms. The van der Waals surface area contributed by atoms with Crippen LogP contribution in [0.3, 0.4) is 0 Å². The second kappa shape index (κ2) is 8.30. The van der Waals surface area contributed by atoms with Crippen LogP contribution in [0.1, 0.15) is 21.5 Å². The first-order chi connectivity index (χ1) is 12.4. The number of ether oxygens (including phenoxy) is 2. The van der Waals surface area contributed by atoms with Crippen molar-refractivity contribution in [3.8, 4) is 23.3 Å². The Morgan fingerprint density at radius 1 is 1.08 bits per heavy atom. The van der Waals surface area contributed by atoms with Gasteiger partial charge in [0.2, 0.25) is 0 Å². The fourth-order valence-electron chi connectivity index (χ4n) is 2.18. The molecule has 4 nitrogen and oxygen atoms in total. The van der Waals surface area contributed by atoms with Gasteiger partial charge in [-0.25, -0.2) is 0 Å². The van der Waals surface area contributed by atoms with Gasteiger partial charge in [0.05, 0.1) is 26.3 Å². The first kappa shape index (κ1) is 19.2. The number of benzene rings is 2. The van der Waals surface area contributed by atoms with E-state index in [9.17, 15) is 18.0 Å². The monoisotopic (exact) mass is 363 g/mol. The second-order valence-electron chi connectivity index (χ2n) is 5.10. The summed E-state index contributed by atoms with van der Waals surface area (Å²) in [5.74, 6) is 5.41. The van der Waals surface area contributed by atoms with Gasteiger partial charge >= 0.3 is 6.18 Å². The predicted octanol–water partition coefficient (Wildman–Crippen LogP) is 3.50. The highest BCUT2D eigenvalue weighted by atomic mass is 19.4. The maximum Gasteiger partial charge on any atom is 0.417 e. The molecule has 0 saturated carbocycles. The molecule has 0 saturated heterocycles. The van der Waals surface area contributed by atoms with Crippen molar-refractivity contribution in [2.24, 2.45) is 0 Å². The molecule has 0 aliphatic heterocycles. The van der Waals surface area contributed by atoms with Crippen molar-refractivity contribution in [1.82, 2.24) is 5.32 Å². The lowest BCUT2D eigenvalue weighted by Crippen LogP contribution is -2.23. The van der Waals surface area contributed by atoms with Gasteiger partial charge in [0.25, 0.3) is 5.91 Å². The lowest BCUT2D eigenvalue weighted by Gasteiger charge is -2.09. The molecule has 0 aliphatic rings. The average molecular weight is 363 g/mol. The van der Waals surface area contributed by atoms with E-state index in [2.05, 4.69) is 17.2 Å². The molecule has 0 fully saturated rings. The molecule has 0 radical (unpaired) electrons. The second-order valence-corrected chi connectivity index (χ2v) is 5.10. The van der Waals surface area contributed by atoms with Gasteiger partial charge in [-0.05, 0) is 30.3 Å². The largest absolute Gasteiger partial charge is 0.493 e. The summed E-state index contributed by atoms with van der Waals surface area (Å²) in [6.45, 7) is -0.0978. The third-order valence-corrected chi connectivity index (χ3v) is 3.44. The number of carbonyl (C=O) groups is 1. The van der Waals surface area contributed by atoms with Crippen molar-refractivity contribution in [3.05, 3.63) is 59.2 Å². The topological polar surface area (TPSA) is 47.6 Å². The van der Waals surface area contributed by atoms with E-state index in [1.54, 1.807) is 12.1 Å². The molecule has 0 aromatic heterocycles. The van der Waals surface area contributed by atoms with Crippen LogP contribution in [0.5, 0.6) is 11.5 Å². The van der Waals surface area contributed by atoms with E-state index in [-0.39, 0.29) is 12.1 Å². The van der Waals surface area contributed by atoms with Gasteiger partial charge in [0, 0.05) is 11.1 Å². The minimum absolute atomic E-state index is 0.0978. The van der Waals surface area contributed by atoms with Crippen LogP contribution in [0.25, 0.3) is 0 Å². The molecule has 2 aromatic rings. The van der Waals surface area contributed by atoms with Crippen LogP contribution in [0.4, 0.5) is 13.2 Å². The number of hydrogen-bond acceptors (Lipinski definition) is 3. The fraction of sp³-hybridized carbons (Fsp3) is 0.211. The van der Waals surface area contributed by atoms with E-state index in [1.165, 1.54) is 38.5 Å². The standard InChI is InChI=1S/C19H16F3NO3/c1-25-16-10-9-14(12-17(16)26-2)18(24)23-11-5-7-13-6-3-4-8-15(13)19(20,21)22/h3-4,6,8-10,12H,11H2,1-2H3,(H,23,24). The van der Waals surface area contributed by atoms with Crippen molar-refractivity contribution in [2.45, 2.75) is 6.18 Å². The summed E-state index contributed by atoms with van der Waals surface area (Å²) in [4.78, 5) is 12.1. The highest BCUT2D eigenvalue weighted by Crippen LogP contribution is 2.31. The number of rotatable bonds is 4. The van der Waals surface area contributed by atoms with Gasteiger partial charge in [-0.3, -0.25) is 4.79 Å². The summed E-state index contributed by atoms with van der Waals surface area (Å²) in [7, 11) is 2.93. The highest BCUT2D eigenvalue weighted by Gasteiger charge is 2.32. The van der Waals surface area contributed by atoms with E-state index in [1.807, 2.05) is 0 Å². The third kappa shape index (κ3) is 4.70. The Balaban J connectivity index is 2.06. The molecule has 0 heterocycles. The van der Waals surface area contributed by atoms with Gasteiger partial charge in [0.1, 0.15) is 0 Å². The van der Waals surface area contributed by atoms with Gasteiger partial charge < -0.3 is 14.8 Å². The van der Waals surface area contributed by atoms with Gasteiger partial charge in [-0.2, -0.15) is 13.2 Å². The molecular formula is C19H16F3NO3. The van der Waals surface area contributed by atoms with Crippen molar-refractivity contribution in [3.63, 3.8) is 0 Å². The lowest BCUT2D eigenvalue weighted by atomic mass is 10.1. The molecule has 0 unspecified atom stereocenters. The summed E-state index contributed by atoms with van der Waals surface area (Å²) in [6.07, 6.45) is -4.48. The quantitative estimate of drug-likeness (QED) is 0.846. The van der Waals surface area contributed by atoms with Crippen LogP contribution in [-0.2, 0) is 6.18 Å². The molecule has 1 amide bonds. The number of carbonyl (C=O) groups excluding carboxylic acids is 1. The number of alkyl halides is 3. The number of hydrogen-bond donors (Lipinski definition) is 1. The predicted molar refractivity (Wildman–Crippen MR) is 90.2 cm³/mol. The minimum atomic E-state index is -4.48. The molecule has 0 bridgehead atoms. The Hall–Kier alpha value is -3.14. The van der Waals surface area contributed by atoms with Crippen LogP contribution in [0.15, 0.2) is 42.5 Å². The van der Waals surface area contributed by atoms with Crippen LogP contribution in [-0.4, -0.2) is 26.7 Å². The van der Waals surface area contributed by atoms with Gasteiger partial charge in [0.15, 0.2) is 11.5 Å².